The second-order valence-electron chi connectivity index (χ2n) is 10.7. The maximum Gasteiger partial charge on any atom is 0.416 e. The number of halogens is 3. The van der Waals surface area contributed by atoms with E-state index in [4.69, 9.17) is 14.8 Å². The summed E-state index contributed by atoms with van der Waals surface area (Å²) in [6.07, 6.45) is 2.26. The minimum atomic E-state index is -4.44. The molecule has 12 heteroatoms. The van der Waals surface area contributed by atoms with Gasteiger partial charge in [0.05, 0.1) is 29.1 Å². The van der Waals surface area contributed by atoms with E-state index >= 15 is 0 Å². The SMILES string of the molecule is CCOc1ccc(-c2csc(Nc3cccc(C(F)(F)F)c3)n2)cc1-c1nn2c(C3CCCCCC3)nc(C)c2c(=O)[nH]1. The van der Waals surface area contributed by atoms with Crippen LogP contribution in [0.2, 0.25) is 0 Å². The Labute approximate surface area is 250 Å². The van der Waals surface area contributed by atoms with Crippen LogP contribution in [-0.4, -0.2) is 31.2 Å². The van der Waals surface area contributed by atoms with Crippen LogP contribution in [0.1, 0.15) is 68.4 Å². The van der Waals surface area contributed by atoms with E-state index in [1.165, 1.54) is 30.2 Å². The van der Waals surface area contributed by atoms with Gasteiger partial charge in [-0.3, -0.25) is 4.79 Å². The zero-order valence-electron chi connectivity index (χ0n) is 23.8. The maximum absolute atomic E-state index is 13.4. The Hall–Kier alpha value is -4.19. The molecule has 8 nitrogen and oxygen atoms in total. The molecule has 2 aromatic carbocycles. The molecule has 0 aliphatic heterocycles. The molecule has 0 saturated heterocycles. The van der Waals surface area contributed by atoms with E-state index in [1.54, 1.807) is 10.6 Å². The lowest BCUT2D eigenvalue weighted by Crippen LogP contribution is -2.17. The highest BCUT2D eigenvalue weighted by atomic mass is 32.1. The second kappa shape index (κ2) is 11.8. The second-order valence-corrected chi connectivity index (χ2v) is 11.6. The van der Waals surface area contributed by atoms with Crippen molar-refractivity contribution in [2.45, 2.75) is 64.5 Å². The number of benzene rings is 2. The highest BCUT2D eigenvalue weighted by Gasteiger charge is 2.30. The number of alkyl halides is 3. The van der Waals surface area contributed by atoms with E-state index in [1.807, 2.05) is 37.4 Å². The Bertz CT molecular complexity index is 1820. The van der Waals surface area contributed by atoms with Gasteiger partial charge in [0, 0.05) is 22.5 Å². The molecule has 1 saturated carbocycles. The van der Waals surface area contributed by atoms with Crippen molar-refractivity contribution >= 4 is 27.7 Å². The topological polar surface area (TPSA) is 97.2 Å². The number of fused-ring (bicyclic) bond motifs is 1. The molecular formula is C31H31F3N6O2S. The molecule has 0 spiro atoms. The van der Waals surface area contributed by atoms with Crippen molar-refractivity contribution in [2.75, 3.05) is 11.9 Å². The summed E-state index contributed by atoms with van der Waals surface area (Å²) >= 11 is 1.27. The molecule has 0 atom stereocenters. The number of aryl methyl sites for hydroxylation is 1. The number of nitrogens with zero attached hydrogens (tertiary/aromatic N) is 4. The van der Waals surface area contributed by atoms with Gasteiger partial charge in [-0.1, -0.05) is 31.7 Å². The number of nitrogens with one attached hydrogen (secondary N) is 2. The fraction of sp³-hybridized carbons (Fsp3) is 0.355. The van der Waals surface area contributed by atoms with Crippen molar-refractivity contribution in [3.05, 3.63) is 75.3 Å². The van der Waals surface area contributed by atoms with Gasteiger partial charge in [-0.25, -0.2) is 14.5 Å². The van der Waals surface area contributed by atoms with Crippen molar-refractivity contribution < 1.29 is 17.9 Å². The van der Waals surface area contributed by atoms with E-state index in [0.717, 1.165) is 49.2 Å². The highest BCUT2D eigenvalue weighted by Crippen LogP contribution is 2.36. The van der Waals surface area contributed by atoms with Gasteiger partial charge in [0.1, 0.15) is 11.6 Å². The standard InChI is InChI=1S/C31H31F3N6O2S/c1-3-42-25-14-13-20(24-17-43-30(37-24)36-22-12-8-11-21(16-22)31(32,33)34)15-23(25)27-38-29(41)26-18(2)35-28(40(26)39-27)19-9-6-4-5-7-10-19/h8,11-17,19H,3-7,9-10H2,1-2H3,(H,36,37)(H,38,39,41). The summed E-state index contributed by atoms with van der Waals surface area (Å²) in [7, 11) is 0. The van der Waals surface area contributed by atoms with Gasteiger partial charge in [-0.2, -0.15) is 13.2 Å². The molecule has 0 unspecified atom stereocenters. The van der Waals surface area contributed by atoms with Gasteiger partial charge in [-0.05, 0) is 63.1 Å². The van der Waals surface area contributed by atoms with Gasteiger partial charge in [0.15, 0.2) is 16.5 Å². The van der Waals surface area contributed by atoms with E-state index in [0.29, 0.717) is 51.5 Å². The third kappa shape index (κ3) is 6.01. The van der Waals surface area contributed by atoms with Crippen LogP contribution in [0, 0.1) is 6.92 Å². The number of ether oxygens (including phenoxy) is 1. The number of hydrogen-bond acceptors (Lipinski definition) is 7. The Morgan fingerprint density at radius 3 is 2.63 bits per heavy atom. The summed E-state index contributed by atoms with van der Waals surface area (Å²) in [6, 6.07) is 10.5. The monoisotopic (exact) mass is 608 g/mol. The zero-order chi connectivity index (χ0) is 30.1. The summed E-state index contributed by atoms with van der Waals surface area (Å²) in [6.45, 7) is 4.14. The molecule has 3 aromatic heterocycles. The van der Waals surface area contributed by atoms with Gasteiger partial charge in [0.25, 0.3) is 5.56 Å². The molecule has 0 amide bonds. The lowest BCUT2D eigenvalue weighted by molar-refractivity contribution is -0.137. The van der Waals surface area contributed by atoms with Gasteiger partial charge in [0.2, 0.25) is 0 Å². The summed E-state index contributed by atoms with van der Waals surface area (Å²) in [5.74, 6) is 1.97. The van der Waals surface area contributed by atoms with Gasteiger partial charge >= 0.3 is 6.18 Å². The lowest BCUT2D eigenvalue weighted by atomic mass is 10.00. The Morgan fingerprint density at radius 2 is 1.88 bits per heavy atom. The van der Waals surface area contributed by atoms with Crippen molar-refractivity contribution in [2.24, 2.45) is 0 Å². The van der Waals surface area contributed by atoms with Crippen LogP contribution in [0.25, 0.3) is 28.2 Å². The lowest BCUT2D eigenvalue weighted by Gasteiger charge is -2.14. The van der Waals surface area contributed by atoms with Gasteiger partial charge in [-0.15, -0.1) is 16.4 Å². The molecular weight excluding hydrogens is 577 g/mol. The summed E-state index contributed by atoms with van der Waals surface area (Å²) in [5, 5.41) is 10.1. The van der Waals surface area contributed by atoms with Crippen molar-refractivity contribution in [1.29, 1.82) is 0 Å². The zero-order valence-corrected chi connectivity index (χ0v) is 24.6. The Balaban J connectivity index is 1.37. The van der Waals surface area contributed by atoms with E-state index in [9.17, 15) is 18.0 Å². The van der Waals surface area contributed by atoms with Crippen LogP contribution in [-0.2, 0) is 6.18 Å². The quantitative estimate of drug-likeness (QED) is 0.181. The van der Waals surface area contributed by atoms with Crippen molar-refractivity contribution in [3.63, 3.8) is 0 Å². The van der Waals surface area contributed by atoms with Crippen molar-refractivity contribution in [1.82, 2.24) is 24.6 Å². The van der Waals surface area contributed by atoms with E-state index in [-0.39, 0.29) is 11.5 Å². The average Bonchev–Trinajstić information content (AvgIpc) is 3.47. The fourth-order valence-corrected chi connectivity index (χ4v) is 6.37. The minimum absolute atomic E-state index is 0.237. The molecule has 1 fully saturated rings. The number of hydrogen-bond donors (Lipinski definition) is 2. The molecule has 1 aliphatic carbocycles. The number of H-pyrrole nitrogens is 1. The average molecular weight is 609 g/mol. The molecule has 2 N–H and O–H groups in total. The molecule has 6 rings (SSSR count). The third-order valence-corrected chi connectivity index (χ3v) is 8.45. The molecule has 5 aromatic rings. The summed E-state index contributed by atoms with van der Waals surface area (Å²) < 4.78 is 47.1. The molecule has 3 heterocycles. The number of imidazole rings is 1. The van der Waals surface area contributed by atoms with Crippen molar-refractivity contribution in [3.8, 4) is 28.4 Å². The Morgan fingerprint density at radius 1 is 1.09 bits per heavy atom. The number of aromatic amines is 1. The molecule has 43 heavy (non-hydrogen) atoms. The highest BCUT2D eigenvalue weighted by molar-refractivity contribution is 7.14. The number of thiazole rings is 1. The number of aromatic nitrogens is 5. The maximum atomic E-state index is 13.4. The first kappa shape index (κ1) is 28.9. The summed E-state index contributed by atoms with van der Waals surface area (Å²) in [4.78, 5) is 25.7. The molecule has 224 valence electrons. The van der Waals surface area contributed by atoms with Crippen LogP contribution < -0.4 is 15.6 Å². The van der Waals surface area contributed by atoms with Crippen LogP contribution in [0.5, 0.6) is 5.75 Å². The first-order valence-corrected chi connectivity index (χ1v) is 15.3. The normalized spacial score (nSPS) is 14.6. The van der Waals surface area contributed by atoms with Crippen LogP contribution in [0.4, 0.5) is 24.0 Å². The van der Waals surface area contributed by atoms with E-state index < -0.39 is 11.7 Å². The first-order valence-electron chi connectivity index (χ1n) is 14.4. The predicted octanol–water partition coefficient (Wildman–Crippen LogP) is 8.12. The van der Waals surface area contributed by atoms with Gasteiger partial charge < -0.3 is 15.0 Å². The number of rotatable bonds is 7. The molecule has 0 bridgehead atoms. The minimum Gasteiger partial charge on any atom is -0.493 e. The van der Waals surface area contributed by atoms with Crippen LogP contribution >= 0.6 is 11.3 Å². The fourth-order valence-electron chi connectivity index (χ4n) is 5.63. The molecule has 1 aliphatic rings. The van der Waals surface area contributed by atoms with Crippen LogP contribution in [0.3, 0.4) is 0 Å². The van der Waals surface area contributed by atoms with E-state index in [2.05, 4.69) is 15.3 Å². The van der Waals surface area contributed by atoms with Crippen LogP contribution in [0.15, 0.2) is 52.6 Å². The third-order valence-electron chi connectivity index (χ3n) is 7.70. The largest absolute Gasteiger partial charge is 0.493 e. The predicted molar refractivity (Wildman–Crippen MR) is 161 cm³/mol. The summed E-state index contributed by atoms with van der Waals surface area (Å²) in [5.41, 5.74) is 2.33. The Kier molecular flexibility index (Phi) is 7.95. The first-order chi connectivity index (χ1) is 20.7. The molecule has 0 radical (unpaired) electrons. The number of anilines is 2. The smallest absolute Gasteiger partial charge is 0.416 e.